The van der Waals surface area contributed by atoms with Gasteiger partial charge in [-0.05, 0) is 42.3 Å². The molecular weight excluding hydrogens is 347 g/mol. The van der Waals surface area contributed by atoms with Gasteiger partial charge in [0, 0.05) is 5.41 Å². The predicted octanol–water partition coefficient (Wildman–Crippen LogP) is 5.06. The Balaban J connectivity index is 1.95. The maximum Gasteiger partial charge on any atom is 0.338 e. The Kier molecular flexibility index (Phi) is 6.88. The van der Waals surface area contributed by atoms with Gasteiger partial charge in [-0.1, -0.05) is 44.2 Å². The van der Waals surface area contributed by atoms with Crippen LogP contribution in [0.1, 0.15) is 46.5 Å². The van der Waals surface area contributed by atoms with Crippen molar-refractivity contribution in [1.82, 2.24) is 0 Å². The van der Waals surface area contributed by atoms with Crippen molar-refractivity contribution in [3.05, 3.63) is 77.1 Å². The number of carbonyl (C=O) groups is 2. The zero-order valence-electron chi connectivity index (χ0n) is 15.7. The van der Waals surface area contributed by atoms with E-state index in [0.29, 0.717) is 23.1 Å². The summed E-state index contributed by atoms with van der Waals surface area (Å²) in [5.41, 5.74) is 0.714. The first-order chi connectivity index (χ1) is 12.8. The second-order valence-corrected chi connectivity index (χ2v) is 6.74. The summed E-state index contributed by atoms with van der Waals surface area (Å²) < 4.78 is 24.5. The van der Waals surface area contributed by atoms with E-state index in [2.05, 4.69) is 4.74 Å². The Hall–Kier alpha value is -2.95. The van der Waals surface area contributed by atoms with Crippen molar-refractivity contribution in [2.45, 2.75) is 20.3 Å². The number of halogens is 1. The summed E-state index contributed by atoms with van der Waals surface area (Å²) in [5.74, 6) is -1.19. The average molecular weight is 370 g/mol. The van der Waals surface area contributed by atoms with Crippen molar-refractivity contribution in [1.29, 1.82) is 0 Å². The van der Waals surface area contributed by atoms with Gasteiger partial charge in [0.1, 0.15) is 5.83 Å². The van der Waals surface area contributed by atoms with Crippen LogP contribution in [-0.4, -0.2) is 25.7 Å². The molecule has 0 unspecified atom stereocenters. The van der Waals surface area contributed by atoms with Gasteiger partial charge in [0.15, 0.2) is 0 Å². The van der Waals surface area contributed by atoms with E-state index in [9.17, 15) is 14.0 Å². The van der Waals surface area contributed by atoms with Crippen LogP contribution in [-0.2, 0) is 9.47 Å². The molecule has 142 valence electrons. The third-order valence-electron chi connectivity index (χ3n) is 4.24. The molecule has 0 aromatic heterocycles. The first-order valence-electron chi connectivity index (χ1n) is 8.62. The first kappa shape index (κ1) is 20.4. The molecule has 27 heavy (non-hydrogen) atoms. The molecule has 0 atom stereocenters. The molecule has 0 heterocycles. The molecule has 2 aromatic carbocycles. The standard InChI is InChI=1S/C22H23FO4/c1-22(2,13-14-27-21(25)17-7-5-4-6-8-17)19(23)15-16-9-11-18(12-10-16)20(24)26-3/h4-12,15H,13-14H2,1-3H3/b19-15-. The van der Waals surface area contributed by atoms with Crippen LogP contribution in [0.15, 0.2) is 60.4 Å². The molecule has 0 spiro atoms. The Labute approximate surface area is 158 Å². The largest absolute Gasteiger partial charge is 0.465 e. The van der Waals surface area contributed by atoms with E-state index in [1.54, 1.807) is 62.4 Å². The van der Waals surface area contributed by atoms with Crippen LogP contribution in [0.2, 0.25) is 0 Å². The predicted molar refractivity (Wildman–Crippen MR) is 102 cm³/mol. The monoisotopic (exact) mass is 370 g/mol. The molecule has 2 rings (SSSR count). The van der Waals surface area contributed by atoms with Crippen LogP contribution in [0, 0.1) is 5.41 Å². The Morgan fingerprint density at radius 2 is 1.56 bits per heavy atom. The molecule has 0 amide bonds. The van der Waals surface area contributed by atoms with Gasteiger partial charge in [-0.3, -0.25) is 0 Å². The van der Waals surface area contributed by atoms with Crippen molar-refractivity contribution in [3.8, 4) is 0 Å². The van der Waals surface area contributed by atoms with Gasteiger partial charge in [-0.15, -0.1) is 0 Å². The molecule has 0 aliphatic carbocycles. The molecule has 0 N–H and O–H groups in total. The van der Waals surface area contributed by atoms with Crippen LogP contribution in [0.5, 0.6) is 0 Å². The van der Waals surface area contributed by atoms with Gasteiger partial charge in [0.2, 0.25) is 0 Å². The van der Waals surface area contributed by atoms with Crippen LogP contribution in [0.25, 0.3) is 6.08 Å². The van der Waals surface area contributed by atoms with E-state index >= 15 is 0 Å². The van der Waals surface area contributed by atoms with Crippen LogP contribution in [0.4, 0.5) is 4.39 Å². The van der Waals surface area contributed by atoms with Gasteiger partial charge in [0.05, 0.1) is 24.8 Å². The minimum absolute atomic E-state index is 0.114. The Bertz CT molecular complexity index is 808. The molecule has 0 saturated carbocycles. The maximum absolute atomic E-state index is 14.7. The molecular formula is C22H23FO4. The van der Waals surface area contributed by atoms with E-state index < -0.39 is 17.4 Å². The van der Waals surface area contributed by atoms with E-state index in [-0.39, 0.29) is 12.4 Å². The number of carbonyl (C=O) groups excluding carboxylic acids is 2. The number of rotatable bonds is 7. The summed E-state index contributed by atoms with van der Waals surface area (Å²) in [6, 6.07) is 15.1. The SMILES string of the molecule is COC(=O)c1ccc(/C=C(\F)C(C)(C)CCOC(=O)c2ccccc2)cc1. The zero-order chi connectivity index (χ0) is 19.9. The van der Waals surface area contributed by atoms with E-state index in [1.165, 1.54) is 13.2 Å². The van der Waals surface area contributed by atoms with Gasteiger partial charge in [-0.2, -0.15) is 0 Å². The second-order valence-electron chi connectivity index (χ2n) is 6.74. The molecule has 0 saturated heterocycles. The van der Waals surface area contributed by atoms with E-state index in [0.717, 1.165) is 0 Å². The average Bonchev–Trinajstić information content (AvgIpc) is 2.68. The lowest BCUT2D eigenvalue weighted by atomic mass is 9.87. The number of allylic oxidation sites excluding steroid dienone is 1. The molecule has 0 bridgehead atoms. The number of methoxy groups -OCH3 is 1. The van der Waals surface area contributed by atoms with Crippen molar-refractivity contribution < 1.29 is 23.5 Å². The fourth-order valence-electron chi connectivity index (χ4n) is 2.35. The zero-order valence-corrected chi connectivity index (χ0v) is 15.7. The highest BCUT2D eigenvalue weighted by molar-refractivity contribution is 5.89. The lowest BCUT2D eigenvalue weighted by molar-refractivity contribution is 0.0462. The number of ether oxygens (including phenoxy) is 2. The summed E-state index contributed by atoms with van der Waals surface area (Å²) in [5, 5.41) is 0. The molecule has 0 fully saturated rings. The molecule has 2 aromatic rings. The van der Waals surface area contributed by atoms with Gasteiger partial charge in [-0.25, -0.2) is 14.0 Å². The lowest BCUT2D eigenvalue weighted by Gasteiger charge is -2.22. The summed E-state index contributed by atoms with van der Waals surface area (Å²) in [4.78, 5) is 23.4. The van der Waals surface area contributed by atoms with Gasteiger partial charge < -0.3 is 9.47 Å². The Morgan fingerprint density at radius 3 is 2.15 bits per heavy atom. The highest BCUT2D eigenvalue weighted by atomic mass is 19.1. The summed E-state index contributed by atoms with van der Waals surface area (Å²) in [7, 11) is 1.31. The second kappa shape index (κ2) is 9.12. The summed E-state index contributed by atoms with van der Waals surface area (Å²) in [6.07, 6.45) is 1.76. The van der Waals surface area contributed by atoms with Crippen molar-refractivity contribution in [2.24, 2.45) is 5.41 Å². The highest BCUT2D eigenvalue weighted by Gasteiger charge is 2.24. The summed E-state index contributed by atoms with van der Waals surface area (Å²) in [6.45, 7) is 3.61. The van der Waals surface area contributed by atoms with Crippen molar-refractivity contribution in [3.63, 3.8) is 0 Å². The Morgan fingerprint density at radius 1 is 0.963 bits per heavy atom. The molecule has 0 aliphatic rings. The topological polar surface area (TPSA) is 52.6 Å². The lowest BCUT2D eigenvalue weighted by Crippen LogP contribution is -2.17. The summed E-state index contributed by atoms with van der Waals surface area (Å²) >= 11 is 0. The van der Waals surface area contributed by atoms with E-state index in [4.69, 9.17) is 4.74 Å². The first-order valence-corrected chi connectivity index (χ1v) is 8.62. The fraction of sp³-hybridized carbons (Fsp3) is 0.273. The van der Waals surface area contributed by atoms with Crippen molar-refractivity contribution in [2.75, 3.05) is 13.7 Å². The van der Waals surface area contributed by atoms with Crippen LogP contribution in [0.3, 0.4) is 0 Å². The van der Waals surface area contributed by atoms with E-state index in [1.807, 2.05) is 6.07 Å². The number of hydrogen-bond acceptors (Lipinski definition) is 4. The molecule has 0 aliphatic heterocycles. The molecule has 0 radical (unpaired) electrons. The van der Waals surface area contributed by atoms with Crippen molar-refractivity contribution >= 4 is 18.0 Å². The smallest absolute Gasteiger partial charge is 0.338 e. The number of hydrogen-bond donors (Lipinski definition) is 0. The maximum atomic E-state index is 14.7. The van der Waals surface area contributed by atoms with Gasteiger partial charge >= 0.3 is 11.9 Å². The normalized spacial score (nSPS) is 11.8. The number of esters is 2. The third kappa shape index (κ3) is 5.78. The highest BCUT2D eigenvalue weighted by Crippen LogP contribution is 2.33. The van der Waals surface area contributed by atoms with Gasteiger partial charge in [0.25, 0.3) is 0 Å². The molecule has 4 nitrogen and oxygen atoms in total. The molecule has 5 heteroatoms. The number of benzene rings is 2. The minimum atomic E-state index is -0.794. The minimum Gasteiger partial charge on any atom is -0.465 e. The fourth-order valence-corrected chi connectivity index (χ4v) is 2.35. The third-order valence-corrected chi connectivity index (χ3v) is 4.24. The quantitative estimate of drug-likeness (QED) is 0.640. The van der Waals surface area contributed by atoms with Crippen LogP contribution < -0.4 is 0 Å². The van der Waals surface area contributed by atoms with Crippen LogP contribution >= 0.6 is 0 Å².